The normalized spacial score (nSPS) is 13.7. The number of hydrogen-bond acceptors (Lipinski definition) is 4. The second-order valence-electron chi connectivity index (χ2n) is 4.72. The lowest BCUT2D eigenvalue weighted by molar-refractivity contribution is 0.410. The SMILES string of the molecule is COc1ccc(C(C)N)cc1CS(=O)(=O)C(C)C. The van der Waals surface area contributed by atoms with Gasteiger partial charge < -0.3 is 10.5 Å². The van der Waals surface area contributed by atoms with E-state index in [0.29, 0.717) is 11.3 Å². The van der Waals surface area contributed by atoms with E-state index in [-0.39, 0.29) is 11.8 Å². The third kappa shape index (κ3) is 3.46. The number of methoxy groups -OCH3 is 1. The Morgan fingerprint density at radius 1 is 1.28 bits per heavy atom. The molecule has 1 aromatic carbocycles. The average molecular weight is 271 g/mol. The summed E-state index contributed by atoms with van der Waals surface area (Å²) < 4.78 is 29.1. The van der Waals surface area contributed by atoms with E-state index >= 15 is 0 Å². The molecule has 0 fully saturated rings. The summed E-state index contributed by atoms with van der Waals surface area (Å²) in [6, 6.07) is 5.30. The molecule has 18 heavy (non-hydrogen) atoms. The van der Waals surface area contributed by atoms with Crippen molar-refractivity contribution in [3.05, 3.63) is 29.3 Å². The Bertz CT molecular complexity index is 507. The fraction of sp³-hybridized carbons (Fsp3) is 0.538. The molecule has 0 aromatic heterocycles. The van der Waals surface area contributed by atoms with Crippen LogP contribution < -0.4 is 10.5 Å². The number of ether oxygens (including phenoxy) is 1. The van der Waals surface area contributed by atoms with Crippen molar-refractivity contribution in [1.29, 1.82) is 0 Å². The summed E-state index contributed by atoms with van der Waals surface area (Å²) in [7, 11) is -1.61. The second kappa shape index (κ2) is 5.71. The van der Waals surface area contributed by atoms with Crippen LogP contribution in [0, 0.1) is 0 Å². The Labute approximate surface area is 109 Å². The minimum absolute atomic E-state index is 0.0194. The highest BCUT2D eigenvalue weighted by Gasteiger charge is 2.19. The molecule has 1 unspecified atom stereocenters. The minimum Gasteiger partial charge on any atom is -0.496 e. The summed E-state index contributed by atoms with van der Waals surface area (Å²) in [6.07, 6.45) is 0. The fourth-order valence-electron chi connectivity index (χ4n) is 1.58. The third-order valence-electron chi connectivity index (χ3n) is 2.91. The van der Waals surface area contributed by atoms with Crippen LogP contribution in [0.25, 0.3) is 0 Å². The van der Waals surface area contributed by atoms with E-state index < -0.39 is 15.1 Å². The van der Waals surface area contributed by atoms with E-state index in [1.807, 2.05) is 19.1 Å². The summed E-state index contributed by atoms with van der Waals surface area (Å²) in [5, 5.41) is -0.402. The van der Waals surface area contributed by atoms with Crippen molar-refractivity contribution in [2.45, 2.75) is 37.8 Å². The quantitative estimate of drug-likeness (QED) is 0.889. The van der Waals surface area contributed by atoms with Crippen LogP contribution in [0.5, 0.6) is 5.75 Å². The summed E-state index contributed by atoms with van der Waals surface area (Å²) in [5.41, 5.74) is 7.38. The first kappa shape index (κ1) is 15.0. The van der Waals surface area contributed by atoms with Gasteiger partial charge in [0.05, 0.1) is 18.1 Å². The Hall–Kier alpha value is -1.07. The third-order valence-corrected chi connectivity index (χ3v) is 5.06. The van der Waals surface area contributed by atoms with Crippen molar-refractivity contribution in [3.8, 4) is 5.75 Å². The number of nitrogens with two attached hydrogens (primary N) is 1. The van der Waals surface area contributed by atoms with Crippen molar-refractivity contribution in [2.24, 2.45) is 5.73 Å². The van der Waals surface area contributed by atoms with E-state index in [1.54, 1.807) is 19.9 Å². The van der Waals surface area contributed by atoms with Crippen molar-refractivity contribution < 1.29 is 13.2 Å². The highest BCUT2D eigenvalue weighted by molar-refractivity contribution is 7.91. The van der Waals surface area contributed by atoms with Gasteiger partial charge in [0.2, 0.25) is 0 Å². The molecule has 2 N–H and O–H groups in total. The molecule has 0 saturated carbocycles. The Morgan fingerprint density at radius 2 is 1.89 bits per heavy atom. The van der Waals surface area contributed by atoms with Gasteiger partial charge in [0.25, 0.3) is 0 Å². The second-order valence-corrected chi connectivity index (χ2v) is 7.27. The van der Waals surface area contributed by atoms with Crippen molar-refractivity contribution in [2.75, 3.05) is 7.11 Å². The van der Waals surface area contributed by atoms with E-state index in [4.69, 9.17) is 10.5 Å². The highest BCUT2D eigenvalue weighted by atomic mass is 32.2. The molecule has 0 radical (unpaired) electrons. The summed E-state index contributed by atoms with van der Waals surface area (Å²) in [5.74, 6) is 0.567. The van der Waals surface area contributed by atoms with E-state index in [9.17, 15) is 8.42 Å². The number of sulfone groups is 1. The summed E-state index contributed by atoms with van der Waals surface area (Å²) >= 11 is 0. The Morgan fingerprint density at radius 3 is 2.33 bits per heavy atom. The molecule has 4 nitrogen and oxygen atoms in total. The fourth-order valence-corrected chi connectivity index (χ4v) is 2.57. The van der Waals surface area contributed by atoms with Gasteiger partial charge in [-0.05, 0) is 38.5 Å². The molecule has 0 bridgehead atoms. The molecular weight excluding hydrogens is 250 g/mol. The first-order valence-electron chi connectivity index (χ1n) is 5.92. The maximum absolute atomic E-state index is 12.0. The molecule has 1 rings (SSSR count). The minimum atomic E-state index is -3.15. The molecule has 0 aliphatic rings. The maximum Gasteiger partial charge on any atom is 0.156 e. The standard InChI is InChI=1S/C13H21NO3S/c1-9(2)18(15,16)8-12-7-11(10(3)14)5-6-13(12)17-4/h5-7,9-10H,8,14H2,1-4H3. The summed E-state index contributed by atoms with van der Waals surface area (Å²) in [6.45, 7) is 5.22. The van der Waals surface area contributed by atoms with Crippen molar-refractivity contribution in [3.63, 3.8) is 0 Å². The van der Waals surface area contributed by atoms with Crippen molar-refractivity contribution in [1.82, 2.24) is 0 Å². The predicted molar refractivity (Wildman–Crippen MR) is 73.4 cm³/mol. The largest absolute Gasteiger partial charge is 0.496 e. The number of rotatable bonds is 5. The molecule has 0 aliphatic carbocycles. The van der Waals surface area contributed by atoms with Gasteiger partial charge in [-0.3, -0.25) is 0 Å². The van der Waals surface area contributed by atoms with Gasteiger partial charge in [-0.25, -0.2) is 8.42 Å². The monoisotopic (exact) mass is 271 g/mol. The molecule has 1 atom stereocenters. The highest BCUT2D eigenvalue weighted by Crippen LogP contribution is 2.25. The lowest BCUT2D eigenvalue weighted by Crippen LogP contribution is -2.17. The van der Waals surface area contributed by atoms with Gasteiger partial charge in [0.15, 0.2) is 9.84 Å². The zero-order valence-corrected chi connectivity index (χ0v) is 12.1. The Balaban J connectivity index is 3.17. The molecule has 102 valence electrons. The van der Waals surface area contributed by atoms with Crippen molar-refractivity contribution >= 4 is 9.84 Å². The average Bonchev–Trinajstić information content (AvgIpc) is 2.28. The molecule has 5 heteroatoms. The van der Waals surface area contributed by atoms with Gasteiger partial charge in [-0.15, -0.1) is 0 Å². The topological polar surface area (TPSA) is 69.4 Å². The molecule has 0 heterocycles. The van der Waals surface area contributed by atoms with Crippen LogP contribution in [0.3, 0.4) is 0 Å². The van der Waals surface area contributed by atoms with Crippen LogP contribution >= 0.6 is 0 Å². The van der Waals surface area contributed by atoms with Crippen LogP contribution in [-0.2, 0) is 15.6 Å². The van der Waals surface area contributed by atoms with Gasteiger partial charge in [-0.2, -0.15) is 0 Å². The maximum atomic E-state index is 12.0. The molecule has 1 aromatic rings. The molecular formula is C13H21NO3S. The lowest BCUT2D eigenvalue weighted by atomic mass is 10.1. The molecule has 0 amide bonds. The molecule has 0 saturated heterocycles. The van der Waals surface area contributed by atoms with Gasteiger partial charge >= 0.3 is 0 Å². The lowest BCUT2D eigenvalue weighted by Gasteiger charge is -2.14. The van der Waals surface area contributed by atoms with Crippen LogP contribution in [0.15, 0.2) is 18.2 Å². The van der Waals surface area contributed by atoms with Gasteiger partial charge in [0, 0.05) is 11.6 Å². The van der Waals surface area contributed by atoms with Gasteiger partial charge in [-0.1, -0.05) is 6.07 Å². The van der Waals surface area contributed by atoms with Crippen LogP contribution in [0.2, 0.25) is 0 Å². The number of benzene rings is 1. The van der Waals surface area contributed by atoms with Crippen LogP contribution in [0.1, 0.15) is 37.9 Å². The van der Waals surface area contributed by atoms with Crippen LogP contribution in [-0.4, -0.2) is 20.8 Å². The smallest absolute Gasteiger partial charge is 0.156 e. The van der Waals surface area contributed by atoms with Gasteiger partial charge in [0.1, 0.15) is 5.75 Å². The first-order valence-corrected chi connectivity index (χ1v) is 7.63. The van der Waals surface area contributed by atoms with E-state index in [1.165, 1.54) is 7.11 Å². The Kier molecular flexibility index (Phi) is 4.76. The zero-order chi connectivity index (χ0) is 13.9. The predicted octanol–water partition coefficient (Wildman–Crippen LogP) is 2.04. The summed E-state index contributed by atoms with van der Waals surface area (Å²) in [4.78, 5) is 0. The van der Waals surface area contributed by atoms with E-state index in [0.717, 1.165) is 5.56 Å². The molecule has 0 aliphatic heterocycles. The van der Waals surface area contributed by atoms with E-state index in [2.05, 4.69) is 0 Å². The first-order chi connectivity index (χ1) is 8.27. The van der Waals surface area contributed by atoms with Crippen LogP contribution in [0.4, 0.5) is 0 Å². The molecule has 0 spiro atoms. The zero-order valence-electron chi connectivity index (χ0n) is 11.3. The number of hydrogen-bond donors (Lipinski definition) is 1.